The fraction of sp³-hybridized carbons (Fsp3) is 0.188. The van der Waals surface area contributed by atoms with E-state index in [1.807, 2.05) is 6.92 Å². The number of halogens is 1. The molecule has 0 aromatic heterocycles. The molecule has 0 saturated carbocycles. The first kappa shape index (κ1) is 14.8. The van der Waals surface area contributed by atoms with Crippen LogP contribution in [0.25, 0.3) is 0 Å². The van der Waals surface area contributed by atoms with Gasteiger partial charge in [0.15, 0.2) is 11.6 Å². The largest absolute Gasteiger partial charge is 0.490 e. The number of hydrogen-bond donors (Lipinski definition) is 2. The second-order valence-corrected chi connectivity index (χ2v) is 4.65. The predicted octanol–water partition coefficient (Wildman–Crippen LogP) is 3.12. The summed E-state index contributed by atoms with van der Waals surface area (Å²) in [6.07, 6.45) is 0.137. The molecule has 2 aromatic carbocycles. The quantitative estimate of drug-likeness (QED) is 0.831. The Labute approximate surface area is 122 Å². The first-order valence-corrected chi connectivity index (χ1v) is 6.59. The van der Waals surface area contributed by atoms with Crippen LogP contribution in [0.15, 0.2) is 42.5 Å². The SMILES string of the molecule is Cc1cc(N)ccc1NC(=O)CCOc1ccccc1F. The third-order valence-corrected chi connectivity index (χ3v) is 2.95. The first-order valence-electron chi connectivity index (χ1n) is 6.59. The molecule has 0 bridgehead atoms. The second-order valence-electron chi connectivity index (χ2n) is 4.65. The molecule has 0 fully saturated rings. The number of nitrogen functional groups attached to an aromatic ring is 1. The lowest BCUT2D eigenvalue weighted by Crippen LogP contribution is -2.16. The van der Waals surface area contributed by atoms with Gasteiger partial charge in [-0.3, -0.25) is 4.79 Å². The number of para-hydroxylation sites is 1. The van der Waals surface area contributed by atoms with Crippen molar-refractivity contribution in [3.05, 3.63) is 53.8 Å². The summed E-state index contributed by atoms with van der Waals surface area (Å²) in [6, 6.07) is 11.4. The standard InChI is InChI=1S/C16H17FN2O2/c1-11-10-12(18)6-7-14(11)19-16(20)8-9-21-15-5-3-2-4-13(15)17/h2-7,10H,8-9,18H2,1H3,(H,19,20). The molecule has 3 N–H and O–H groups in total. The summed E-state index contributed by atoms with van der Waals surface area (Å²) in [7, 11) is 0. The van der Waals surface area contributed by atoms with Gasteiger partial charge in [-0.05, 0) is 42.8 Å². The molecule has 21 heavy (non-hydrogen) atoms. The van der Waals surface area contributed by atoms with Crippen LogP contribution in [-0.2, 0) is 4.79 Å². The summed E-state index contributed by atoms with van der Waals surface area (Å²) < 4.78 is 18.6. The molecular weight excluding hydrogens is 271 g/mol. The van der Waals surface area contributed by atoms with E-state index in [9.17, 15) is 9.18 Å². The van der Waals surface area contributed by atoms with E-state index in [1.54, 1.807) is 30.3 Å². The third-order valence-electron chi connectivity index (χ3n) is 2.95. The van der Waals surface area contributed by atoms with Crippen LogP contribution in [0, 0.1) is 12.7 Å². The number of nitrogens with one attached hydrogen (secondary N) is 1. The van der Waals surface area contributed by atoms with Crippen molar-refractivity contribution in [2.45, 2.75) is 13.3 Å². The van der Waals surface area contributed by atoms with Gasteiger partial charge in [-0.25, -0.2) is 4.39 Å². The maximum absolute atomic E-state index is 13.3. The van der Waals surface area contributed by atoms with E-state index in [1.165, 1.54) is 12.1 Å². The summed E-state index contributed by atoms with van der Waals surface area (Å²) in [5, 5.41) is 2.77. The van der Waals surface area contributed by atoms with Crippen LogP contribution >= 0.6 is 0 Å². The Morgan fingerprint density at radius 1 is 1.29 bits per heavy atom. The Balaban J connectivity index is 1.84. The Morgan fingerprint density at radius 3 is 2.76 bits per heavy atom. The monoisotopic (exact) mass is 288 g/mol. The number of benzene rings is 2. The molecule has 0 aliphatic heterocycles. The molecular formula is C16H17FN2O2. The fourth-order valence-electron chi connectivity index (χ4n) is 1.86. The lowest BCUT2D eigenvalue weighted by Gasteiger charge is -2.10. The summed E-state index contributed by atoms with van der Waals surface area (Å²) in [6.45, 7) is 1.97. The van der Waals surface area contributed by atoms with Crippen molar-refractivity contribution in [1.82, 2.24) is 0 Å². The van der Waals surface area contributed by atoms with Crippen LogP contribution in [0.5, 0.6) is 5.75 Å². The summed E-state index contributed by atoms with van der Waals surface area (Å²) in [4.78, 5) is 11.8. The molecule has 0 saturated heterocycles. The Hall–Kier alpha value is -2.56. The number of hydrogen-bond acceptors (Lipinski definition) is 3. The summed E-state index contributed by atoms with van der Waals surface area (Å²) in [5.41, 5.74) is 7.89. The maximum Gasteiger partial charge on any atom is 0.227 e. The van der Waals surface area contributed by atoms with E-state index in [4.69, 9.17) is 10.5 Å². The lowest BCUT2D eigenvalue weighted by molar-refractivity contribution is -0.116. The van der Waals surface area contributed by atoms with Gasteiger partial charge in [-0.1, -0.05) is 12.1 Å². The Bertz CT molecular complexity index is 644. The molecule has 0 atom stereocenters. The Kier molecular flexibility index (Phi) is 4.77. The van der Waals surface area contributed by atoms with Crippen molar-refractivity contribution < 1.29 is 13.9 Å². The molecule has 2 rings (SSSR count). The number of nitrogens with two attached hydrogens (primary N) is 1. The third kappa shape index (κ3) is 4.21. The molecule has 4 nitrogen and oxygen atoms in total. The minimum absolute atomic E-state index is 0.112. The van der Waals surface area contributed by atoms with Gasteiger partial charge in [-0.15, -0.1) is 0 Å². The number of carbonyl (C=O) groups excluding carboxylic acids is 1. The smallest absolute Gasteiger partial charge is 0.227 e. The molecule has 1 amide bonds. The zero-order valence-corrected chi connectivity index (χ0v) is 11.7. The first-order chi connectivity index (χ1) is 10.1. The molecule has 0 radical (unpaired) electrons. The van der Waals surface area contributed by atoms with Crippen LogP contribution in [0.1, 0.15) is 12.0 Å². The molecule has 110 valence electrons. The van der Waals surface area contributed by atoms with Gasteiger partial charge >= 0.3 is 0 Å². The highest BCUT2D eigenvalue weighted by molar-refractivity contribution is 5.91. The van der Waals surface area contributed by atoms with Gasteiger partial charge in [-0.2, -0.15) is 0 Å². The average Bonchev–Trinajstić information content (AvgIpc) is 2.44. The van der Waals surface area contributed by atoms with Crippen molar-refractivity contribution in [2.24, 2.45) is 0 Å². The molecule has 0 aliphatic rings. The average molecular weight is 288 g/mol. The molecule has 0 aliphatic carbocycles. The van der Waals surface area contributed by atoms with Crippen molar-refractivity contribution in [3.63, 3.8) is 0 Å². The lowest BCUT2D eigenvalue weighted by atomic mass is 10.2. The van der Waals surface area contributed by atoms with Gasteiger partial charge in [0.2, 0.25) is 5.91 Å². The normalized spacial score (nSPS) is 10.2. The number of ether oxygens (including phenoxy) is 1. The number of anilines is 2. The van der Waals surface area contributed by atoms with Gasteiger partial charge in [0.25, 0.3) is 0 Å². The summed E-state index contributed by atoms with van der Waals surface area (Å²) >= 11 is 0. The highest BCUT2D eigenvalue weighted by Gasteiger charge is 2.07. The van der Waals surface area contributed by atoms with Crippen LogP contribution in [0.3, 0.4) is 0 Å². The van der Waals surface area contributed by atoms with E-state index in [0.717, 1.165) is 5.56 Å². The number of carbonyl (C=O) groups is 1. The van der Waals surface area contributed by atoms with Gasteiger partial charge in [0, 0.05) is 11.4 Å². The van der Waals surface area contributed by atoms with Crippen LogP contribution in [0.2, 0.25) is 0 Å². The van der Waals surface area contributed by atoms with E-state index >= 15 is 0 Å². The van der Waals surface area contributed by atoms with Crippen LogP contribution in [0.4, 0.5) is 15.8 Å². The van der Waals surface area contributed by atoms with Gasteiger partial charge < -0.3 is 15.8 Å². The van der Waals surface area contributed by atoms with Crippen molar-refractivity contribution >= 4 is 17.3 Å². The van der Waals surface area contributed by atoms with E-state index < -0.39 is 5.82 Å². The molecule has 2 aromatic rings. The van der Waals surface area contributed by atoms with E-state index in [0.29, 0.717) is 11.4 Å². The van der Waals surface area contributed by atoms with E-state index in [-0.39, 0.29) is 24.7 Å². The second kappa shape index (κ2) is 6.74. The molecule has 0 unspecified atom stereocenters. The number of rotatable bonds is 5. The van der Waals surface area contributed by atoms with Crippen molar-refractivity contribution in [2.75, 3.05) is 17.7 Å². The molecule has 0 heterocycles. The summed E-state index contributed by atoms with van der Waals surface area (Å²) in [5.74, 6) is -0.486. The molecule has 0 spiro atoms. The predicted molar refractivity (Wildman–Crippen MR) is 80.7 cm³/mol. The molecule has 5 heteroatoms. The number of amides is 1. The van der Waals surface area contributed by atoms with E-state index in [2.05, 4.69) is 5.32 Å². The topological polar surface area (TPSA) is 64.3 Å². The zero-order valence-electron chi connectivity index (χ0n) is 11.7. The van der Waals surface area contributed by atoms with Gasteiger partial charge in [0.1, 0.15) is 0 Å². The minimum atomic E-state index is -0.438. The van der Waals surface area contributed by atoms with Crippen LogP contribution < -0.4 is 15.8 Å². The Morgan fingerprint density at radius 2 is 2.05 bits per heavy atom. The number of aryl methyl sites for hydroxylation is 1. The van der Waals surface area contributed by atoms with Crippen LogP contribution in [-0.4, -0.2) is 12.5 Å². The zero-order chi connectivity index (χ0) is 15.2. The fourth-order valence-corrected chi connectivity index (χ4v) is 1.86. The highest BCUT2D eigenvalue weighted by atomic mass is 19.1. The van der Waals surface area contributed by atoms with Crippen molar-refractivity contribution in [3.8, 4) is 5.75 Å². The highest BCUT2D eigenvalue weighted by Crippen LogP contribution is 2.18. The maximum atomic E-state index is 13.3. The van der Waals surface area contributed by atoms with Crippen molar-refractivity contribution in [1.29, 1.82) is 0 Å². The van der Waals surface area contributed by atoms with Gasteiger partial charge in [0.05, 0.1) is 13.0 Å². The minimum Gasteiger partial charge on any atom is -0.490 e.